The maximum absolute atomic E-state index is 14.4. The molecule has 1 aliphatic rings. The maximum Gasteiger partial charge on any atom is 0.259 e. The number of hydrogen-bond acceptors (Lipinski definition) is 5. The topological polar surface area (TPSA) is 68.3 Å². The molecule has 2 amide bonds. The molecule has 2 unspecified atom stereocenters. The number of carbonyl (C=O) groups excluding carboxylic acids is 2. The predicted molar refractivity (Wildman–Crippen MR) is 151 cm³/mol. The number of anilines is 2. The highest BCUT2D eigenvalue weighted by Gasteiger charge is 2.46. The van der Waals surface area contributed by atoms with E-state index in [9.17, 15) is 9.59 Å². The Morgan fingerprint density at radius 1 is 0.718 bits per heavy atom. The molecule has 1 heterocycles. The van der Waals surface area contributed by atoms with Gasteiger partial charge in [-0.3, -0.25) is 14.5 Å². The Morgan fingerprint density at radius 3 is 1.79 bits per heavy atom. The molecule has 0 aliphatic carbocycles. The van der Waals surface area contributed by atoms with Crippen molar-refractivity contribution in [1.82, 2.24) is 0 Å². The van der Waals surface area contributed by atoms with Crippen molar-refractivity contribution in [3.05, 3.63) is 114 Å². The van der Waals surface area contributed by atoms with Crippen molar-refractivity contribution in [1.29, 1.82) is 0 Å². The number of hydrogen-bond donors (Lipinski definition) is 0. The number of nitrogens with zero attached hydrogens (tertiary/aromatic N) is 2. The number of methoxy groups -OCH3 is 3. The van der Waals surface area contributed by atoms with Gasteiger partial charge in [-0.05, 0) is 77.9 Å². The molecule has 0 spiro atoms. The number of fused-ring (bicyclic) bond motifs is 1. The SMILES string of the molecule is COc1ccc(C2C(C(=O)N(C)c3ccc(OC)cc3)c3ccccc3C(=O)N2c2ccc(OC)cc2)cc1. The molecule has 0 fully saturated rings. The van der Waals surface area contributed by atoms with E-state index in [-0.39, 0.29) is 11.8 Å². The standard InChI is InChI=1S/C32H30N2O5/c1-33(22-11-17-25(38-3)18-12-22)32(36)29-27-7-5-6-8-28(27)31(35)34(23-13-19-26(39-4)20-14-23)30(29)21-9-15-24(37-2)16-10-21/h5-20,29-30H,1-4H3. The van der Waals surface area contributed by atoms with E-state index in [2.05, 4.69) is 0 Å². The lowest BCUT2D eigenvalue weighted by molar-refractivity contribution is -0.120. The summed E-state index contributed by atoms with van der Waals surface area (Å²) >= 11 is 0. The second kappa shape index (κ2) is 10.9. The summed E-state index contributed by atoms with van der Waals surface area (Å²) in [4.78, 5) is 31.9. The molecule has 0 radical (unpaired) electrons. The van der Waals surface area contributed by atoms with Crippen molar-refractivity contribution in [2.24, 2.45) is 0 Å². The molecule has 7 heteroatoms. The molecule has 4 aromatic carbocycles. The normalized spacial score (nSPS) is 16.3. The third kappa shape index (κ3) is 4.79. The predicted octanol–water partition coefficient (Wildman–Crippen LogP) is 5.86. The second-order valence-corrected chi connectivity index (χ2v) is 9.25. The van der Waals surface area contributed by atoms with Crippen LogP contribution in [-0.4, -0.2) is 40.2 Å². The zero-order chi connectivity index (χ0) is 27.5. The minimum absolute atomic E-state index is 0.139. The average molecular weight is 523 g/mol. The fourth-order valence-corrected chi connectivity index (χ4v) is 5.11. The molecule has 2 atom stereocenters. The van der Waals surface area contributed by atoms with Crippen LogP contribution in [0.1, 0.15) is 33.4 Å². The van der Waals surface area contributed by atoms with Gasteiger partial charge < -0.3 is 19.1 Å². The number of amides is 2. The average Bonchev–Trinajstić information content (AvgIpc) is 3.00. The van der Waals surface area contributed by atoms with Crippen molar-refractivity contribution >= 4 is 23.2 Å². The lowest BCUT2D eigenvalue weighted by atomic mass is 9.78. The Labute approximate surface area is 228 Å². The highest BCUT2D eigenvalue weighted by molar-refractivity contribution is 6.12. The van der Waals surface area contributed by atoms with Crippen LogP contribution in [0, 0.1) is 0 Å². The van der Waals surface area contributed by atoms with E-state index >= 15 is 0 Å². The number of benzene rings is 4. The quantitative estimate of drug-likeness (QED) is 0.304. The molecule has 4 aromatic rings. The van der Waals surface area contributed by atoms with Gasteiger partial charge in [0, 0.05) is 24.0 Å². The minimum Gasteiger partial charge on any atom is -0.497 e. The molecule has 5 rings (SSSR count). The van der Waals surface area contributed by atoms with E-state index < -0.39 is 12.0 Å². The van der Waals surface area contributed by atoms with Gasteiger partial charge in [-0.15, -0.1) is 0 Å². The zero-order valence-electron chi connectivity index (χ0n) is 22.3. The number of ether oxygens (including phenoxy) is 3. The maximum atomic E-state index is 14.4. The Hall–Kier alpha value is -4.78. The molecule has 198 valence electrons. The Balaban J connectivity index is 1.68. The lowest BCUT2D eigenvalue weighted by Gasteiger charge is -2.43. The fraction of sp³-hybridized carbons (Fsp3) is 0.188. The van der Waals surface area contributed by atoms with Gasteiger partial charge >= 0.3 is 0 Å². The summed E-state index contributed by atoms with van der Waals surface area (Å²) in [6.07, 6.45) is 0. The van der Waals surface area contributed by atoms with Crippen molar-refractivity contribution < 1.29 is 23.8 Å². The van der Waals surface area contributed by atoms with Crippen LogP contribution in [-0.2, 0) is 4.79 Å². The van der Waals surface area contributed by atoms with E-state index in [0.717, 1.165) is 11.3 Å². The Morgan fingerprint density at radius 2 is 1.23 bits per heavy atom. The summed E-state index contributed by atoms with van der Waals surface area (Å²) in [6.45, 7) is 0. The molecule has 0 saturated heterocycles. The number of rotatable bonds is 7. The molecular formula is C32H30N2O5. The summed E-state index contributed by atoms with van der Waals surface area (Å²) < 4.78 is 16.0. The van der Waals surface area contributed by atoms with Crippen LogP contribution in [0.15, 0.2) is 97.1 Å². The number of likely N-dealkylation sites (N-methyl/N-ethyl adjacent to an activating group) is 1. The second-order valence-electron chi connectivity index (χ2n) is 9.25. The fourth-order valence-electron chi connectivity index (χ4n) is 5.11. The first kappa shape index (κ1) is 25.9. The monoisotopic (exact) mass is 522 g/mol. The molecule has 0 bridgehead atoms. The van der Waals surface area contributed by atoms with E-state index in [1.54, 1.807) is 44.2 Å². The van der Waals surface area contributed by atoms with Gasteiger partial charge in [0.1, 0.15) is 17.2 Å². The van der Waals surface area contributed by atoms with E-state index in [4.69, 9.17) is 14.2 Å². The van der Waals surface area contributed by atoms with E-state index in [1.807, 2.05) is 91.0 Å². The summed E-state index contributed by atoms with van der Waals surface area (Å²) in [7, 11) is 6.56. The van der Waals surface area contributed by atoms with Crippen LogP contribution in [0.25, 0.3) is 0 Å². The summed E-state index contributed by atoms with van der Waals surface area (Å²) in [6, 6.07) is 28.9. The number of carbonyl (C=O) groups is 2. The van der Waals surface area contributed by atoms with Gasteiger partial charge in [0.05, 0.1) is 33.3 Å². The van der Waals surface area contributed by atoms with Gasteiger partial charge in [0.2, 0.25) is 5.91 Å². The van der Waals surface area contributed by atoms with Gasteiger partial charge in [-0.25, -0.2) is 0 Å². The van der Waals surface area contributed by atoms with Crippen molar-refractivity contribution in [3.63, 3.8) is 0 Å². The first-order valence-electron chi connectivity index (χ1n) is 12.6. The summed E-state index contributed by atoms with van der Waals surface area (Å²) in [5.74, 6) is 1.08. The smallest absolute Gasteiger partial charge is 0.259 e. The van der Waals surface area contributed by atoms with Gasteiger partial charge in [0.25, 0.3) is 5.91 Å². The van der Waals surface area contributed by atoms with Gasteiger partial charge in [0.15, 0.2) is 0 Å². The molecule has 0 N–H and O–H groups in total. The Kier molecular flexibility index (Phi) is 7.23. The largest absolute Gasteiger partial charge is 0.497 e. The molecule has 7 nitrogen and oxygen atoms in total. The van der Waals surface area contributed by atoms with Crippen LogP contribution in [0.3, 0.4) is 0 Å². The lowest BCUT2D eigenvalue weighted by Crippen LogP contribution is -2.48. The third-order valence-corrected chi connectivity index (χ3v) is 7.20. The van der Waals surface area contributed by atoms with Gasteiger partial charge in [-0.1, -0.05) is 30.3 Å². The molecular weight excluding hydrogens is 492 g/mol. The van der Waals surface area contributed by atoms with Gasteiger partial charge in [-0.2, -0.15) is 0 Å². The highest BCUT2D eigenvalue weighted by atomic mass is 16.5. The first-order chi connectivity index (χ1) is 19.0. The van der Waals surface area contributed by atoms with Crippen LogP contribution < -0.4 is 24.0 Å². The van der Waals surface area contributed by atoms with Crippen LogP contribution in [0.4, 0.5) is 11.4 Å². The first-order valence-corrected chi connectivity index (χ1v) is 12.6. The minimum atomic E-state index is -0.679. The van der Waals surface area contributed by atoms with Crippen molar-refractivity contribution in [2.45, 2.75) is 12.0 Å². The highest BCUT2D eigenvalue weighted by Crippen LogP contribution is 2.46. The van der Waals surface area contributed by atoms with Crippen molar-refractivity contribution in [2.75, 3.05) is 38.2 Å². The third-order valence-electron chi connectivity index (χ3n) is 7.20. The van der Waals surface area contributed by atoms with Crippen LogP contribution in [0.5, 0.6) is 17.2 Å². The van der Waals surface area contributed by atoms with Crippen LogP contribution in [0.2, 0.25) is 0 Å². The van der Waals surface area contributed by atoms with E-state index in [1.165, 1.54) is 0 Å². The molecule has 0 saturated carbocycles. The zero-order valence-corrected chi connectivity index (χ0v) is 22.3. The molecule has 1 aliphatic heterocycles. The molecule has 0 aromatic heterocycles. The summed E-state index contributed by atoms with van der Waals surface area (Å²) in [5, 5.41) is 0. The Bertz CT molecular complexity index is 1470. The summed E-state index contributed by atoms with van der Waals surface area (Å²) in [5.41, 5.74) is 3.40. The van der Waals surface area contributed by atoms with Crippen molar-refractivity contribution in [3.8, 4) is 17.2 Å². The van der Waals surface area contributed by atoms with Crippen LogP contribution >= 0.6 is 0 Å². The van der Waals surface area contributed by atoms with E-state index in [0.29, 0.717) is 34.1 Å². The molecule has 39 heavy (non-hydrogen) atoms.